The second-order valence-corrected chi connectivity index (χ2v) is 6.54. The summed E-state index contributed by atoms with van der Waals surface area (Å²) in [7, 11) is 0. The van der Waals surface area contributed by atoms with E-state index in [1.54, 1.807) is 0 Å². The Morgan fingerprint density at radius 2 is 1.95 bits per heavy atom. The van der Waals surface area contributed by atoms with E-state index in [-0.39, 0.29) is 5.91 Å². The molecule has 0 bridgehead atoms. The Morgan fingerprint density at radius 1 is 1.26 bits per heavy atom. The fraction of sp³-hybridized carbons (Fsp3) is 0.533. The van der Waals surface area contributed by atoms with Crippen LogP contribution in [0.2, 0.25) is 0 Å². The van der Waals surface area contributed by atoms with Crippen molar-refractivity contribution in [1.29, 1.82) is 0 Å². The number of halogens is 1. The lowest BCUT2D eigenvalue weighted by Gasteiger charge is -2.29. The molecule has 2 atom stereocenters. The van der Waals surface area contributed by atoms with Crippen molar-refractivity contribution in [2.24, 2.45) is 5.92 Å². The number of carbonyl (C=O) groups is 1. The summed E-state index contributed by atoms with van der Waals surface area (Å²) >= 11 is 2.27. The van der Waals surface area contributed by atoms with Crippen molar-refractivity contribution in [3.8, 4) is 0 Å². The van der Waals surface area contributed by atoms with E-state index >= 15 is 0 Å². The van der Waals surface area contributed by atoms with Crippen molar-refractivity contribution in [1.82, 2.24) is 5.32 Å². The predicted octanol–water partition coefficient (Wildman–Crippen LogP) is 3.40. The zero-order chi connectivity index (χ0) is 13.7. The number of anilines is 1. The lowest BCUT2D eigenvalue weighted by Crippen LogP contribution is -2.43. The maximum atomic E-state index is 11.9. The molecule has 0 radical (unpaired) electrons. The fourth-order valence-electron chi connectivity index (χ4n) is 2.54. The highest BCUT2D eigenvalue weighted by molar-refractivity contribution is 14.1. The molecule has 19 heavy (non-hydrogen) atoms. The Labute approximate surface area is 128 Å². The van der Waals surface area contributed by atoms with E-state index in [2.05, 4.69) is 40.1 Å². The monoisotopic (exact) mass is 372 g/mol. The average molecular weight is 372 g/mol. The number of nitrogens with one attached hydrogen (secondary N) is 2. The van der Waals surface area contributed by atoms with Crippen LogP contribution in [0.1, 0.15) is 32.6 Å². The SMILES string of the molecule is C[C@@H]1CCCC[C@@H]1NC(=O)CNc1ccc(I)cc1. The number of amides is 1. The molecule has 1 aromatic carbocycles. The van der Waals surface area contributed by atoms with Gasteiger partial charge in [0.1, 0.15) is 0 Å². The first kappa shape index (κ1) is 14.6. The van der Waals surface area contributed by atoms with Crippen LogP contribution in [0.5, 0.6) is 0 Å². The molecule has 104 valence electrons. The minimum atomic E-state index is 0.0947. The fourth-order valence-corrected chi connectivity index (χ4v) is 2.90. The largest absolute Gasteiger partial charge is 0.376 e. The lowest BCUT2D eigenvalue weighted by molar-refractivity contribution is -0.120. The van der Waals surface area contributed by atoms with Gasteiger partial charge in [-0.3, -0.25) is 4.79 Å². The molecule has 2 N–H and O–H groups in total. The van der Waals surface area contributed by atoms with E-state index in [0.717, 1.165) is 12.1 Å². The minimum Gasteiger partial charge on any atom is -0.376 e. The Morgan fingerprint density at radius 3 is 2.63 bits per heavy atom. The molecule has 0 saturated heterocycles. The van der Waals surface area contributed by atoms with E-state index in [0.29, 0.717) is 18.5 Å². The maximum Gasteiger partial charge on any atom is 0.239 e. The number of hydrogen-bond acceptors (Lipinski definition) is 2. The average Bonchev–Trinajstić information content (AvgIpc) is 2.41. The van der Waals surface area contributed by atoms with Crippen molar-refractivity contribution in [2.75, 3.05) is 11.9 Å². The normalized spacial score (nSPS) is 22.8. The van der Waals surface area contributed by atoms with Crippen LogP contribution in [0.25, 0.3) is 0 Å². The van der Waals surface area contributed by atoms with Gasteiger partial charge in [-0.2, -0.15) is 0 Å². The topological polar surface area (TPSA) is 41.1 Å². The van der Waals surface area contributed by atoms with Gasteiger partial charge in [0.15, 0.2) is 0 Å². The van der Waals surface area contributed by atoms with Gasteiger partial charge >= 0.3 is 0 Å². The Balaban J connectivity index is 1.76. The summed E-state index contributed by atoms with van der Waals surface area (Å²) in [5, 5.41) is 6.31. The summed E-state index contributed by atoms with van der Waals surface area (Å²) in [6.07, 6.45) is 4.89. The van der Waals surface area contributed by atoms with Crippen molar-refractivity contribution in [3.05, 3.63) is 27.8 Å². The highest BCUT2D eigenvalue weighted by Crippen LogP contribution is 2.23. The van der Waals surface area contributed by atoms with Crippen LogP contribution in [0, 0.1) is 9.49 Å². The van der Waals surface area contributed by atoms with E-state index in [9.17, 15) is 4.79 Å². The lowest BCUT2D eigenvalue weighted by atomic mass is 9.86. The Kier molecular flexibility index (Phi) is 5.48. The number of rotatable bonds is 4. The first-order valence-corrected chi connectivity index (χ1v) is 8.02. The van der Waals surface area contributed by atoms with Crippen LogP contribution < -0.4 is 10.6 Å². The van der Waals surface area contributed by atoms with E-state index in [1.807, 2.05) is 24.3 Å². The molecular weight excluding hydrogens is 351 g/mol. The molecule has 0 aromatic heterocycles. The summed E-state index contributed by atoms with van der Waals surface area (Å²) in [4.78, 5) is 11.9. The Hall–Kier alpha value is -0.780. The molecule has 1 fully saturated rings. The molecule has 0 unspecified atom stereocenters. The molecular formula is C15H21IN2O. The third-order valence-electron chi connectivity index (χ3n) is 3.76. The van der Waals surface area contributed by atoms with Gasteiger partial charge in [0.2, 0.25) is 5.91 Å². The van der Waals surface area contributed by atoms with Gasteiger partial charge in [-0.05, 0) is 65.6 Å². The second kappa shape index (κ2) is 7.12. The predicted molar refractivity (Wildman–Crippen MR) is 87.2 cm³/mol. The van der Waals surface area contributed by atoms with Crippen LogP contribution in [0.4, 0.5) is 5.69 Å². The molecule has 0 spiro atoms. The maximum absolute atomic E-state index is 11.9. The molecule has 1 aromatic rings. The summed E-state index contributed by atoms with van der Waals surface area (Å²) in [6.45, 7) is 2.58. The van der Waals surface area contributed by atoms with Gasteiger partial charge in [0, 0.05) is 15.3 Å². The third-order valence-corrected chi connectivity index (χ3v) is 4.47. The Bertz CT molecular complexity index is 419. The highest BCUT2D eigenvalue weighted by atomic mass is 127. The molecule has 1 saturated carbocycles. The summed E-state index contributed by atoms with van der Waals surface area (Å²) in [6, 6.07) is 8.42. The van der Waals surface area contributed by atoms with Gasteiger partial charge in [0.25, 0.3) is 0 Å². The van der Waals surface area contributed by atoms with Crippen LogP contribution in [-0.4, -0.2) is 18.5 Å². The van der Waals surface area contributed by atoms with Gasteiger partial charge in [-0.25, -0.2) is 0 Å². The van der Waals surface area contributed by atoms with E-state index < -0.39 is 0 Å². The number of hydrogen-bond donors (Lipinski definition) is 2. The smallest absolute Gasteiger partial charge is 0.239 e. The second-order valence-electron chi connectivity index (χ2n) is 5.30. The van der Waals surface area contributed by atoms with Crippen molar-refractivity contribution in [3.63, 3.8) is 0 Å². The quantitative estimate of drug-likeness (QED) is 0.796. The zero-order valence-corrected chi connectivity index (χ0v) is 13.4. The molecule has 1 aliphatic rings. The third kappa shape index (κ3) is 4.67. The van der Waals surface area contributed by atoms with Gasteiger partial charge in [-0.1, -0.05) is 19.8 Å². The van der Waals surface area contributed by atoms with E-state index in [1.165, 1.54) is 22.8 Å². The first-order valence-electron chi connectivity index (χ1n) is 6.94. The van der Waals surface area contributed by atoms with Crippen molar-refractivity contribution in [2.45, 2.75) is 38.6 Å². The number of carbonyl (C=O) groups excluding carboxylic acids is 1. The minimum absolute atomic E-state index is 0.0947. The van der Waals surface area contributed by atoms with Crippen LogP contribution >= 0.6 is 22.6 Å². The van der Waals surface area contributed by atoms with Gasteiger partial charge < -0.3 is 10.6 Å². The molecule has 2 rings (SSSR count). The first-order chi connectivity index (χ1) is 9.15. The van der Waals surface area contributed by atoms with Gasteiger partial charge in [-0.15, -0.1) is 0 Å². The standard InChI is InChI=1S/C15H21IN2O/c1-11-4-2-3-5-14(11)18-15(19)10-17-13-8-6-12(16)7-9-13/h6-9,11,14,17H,2-5,10H2,1H3,(H,18,19)/t11-,14+/m1/s1. The van der Waals surface area contributed by atoms with Crippen molar-refractivity contribution < 1.29 is 4.79 Å². The molecule has 4 heteroatoms. The molecule has 0 heterocycles. The van der Waals surface area contributed by atoms with Crippen LogP contribution in [0.3, 0.4) is 0 Å². The molecule has 3 nitrogen and oxygen atoms in total. The zero-order valence-electron chi connectivity index (χ0n) is 11.3. The van der Waals surface area contributed by atoms with Gasteiger partial charge in [0.05, 0.1) is 6.54 Å². The van der Waals surface area contributed by atoms with Crippen LogP contribution in [0.15, 0.2) is 24.3 Å². The van der Waals surface area contributed by atoms with Crippen molar-refractivity contribution >= 4 is 34.2 Å². The molecule has 0 aliphatic heterocycles. The summed E-state index contributed by atoms with van der Waals surface area (Å²) in [5.74, 6) is 0.702. The highest BCUT2D eigenvalue weighted by Gasteiger charge is 2.22. The number of benzene rings is 1. The molecule has 1 aliphatic carbocycles. The van der Waals surface area contributed by atoms with Crippen LogP contribution in [-0.2, 0) is 4.79 Å². The summed E-state index contributed by atoms with van der Waals surface area (Å²) in [5.41, 5.74) is 0.993. The summed E-state index contributed by atoms with van der Waals surface area (Å²) < 4.78 is 1.20. The molecule has 1 amide bonds. The van der Waals surface area contributed by atoms with E-state index in [4.69, 9.17) is 0 Å².